The van der Waals surface area contributed by atoms with E-state index >= 15 is 0 Å². The molecule has 2 unspecified atom stereocenters. The van der Waals surface area contributed by atoms with Gasteiger partial charge in [-0.25, -0.2) is 15.0 Å². The minimum atomic E-state index is -0.0249. The van der Waals surface area contributed by atoms with E-state index in [0.29, 0.717) is 12.5 Å². The molecule has 0 aromatic carbocycles. The molecule has 0 radical (unpaired) electrons. The summed E-state index contributed by atoms with van der Waals surface area (Å²) in [7, 11) is 0. The number of nitrogens with one attached hydrogen (secondary N) is 1. The van der Waals surface area contributed by atoms with E-state index in [-0.39, 0.29) is 30.5 Å². The van der Waals surface area contributed by atoms with Crippen molar-refractivity contribution in [1.29, 1.82) is 0 Å². The number of rotatable bonds is 7. The molecule has 2 aliphatic rings. The molecular formula is C24H36N6O2. The Bertz CT molecular complexity index is 953. The van der Waals surface area contributed by atoms with Gasteiger partial charge in [-0.05, 0) is 57.9 Å². The fraction of sp³-hybridized carbons (Fsp3) is 0.667. The zero-order valence-corrected chi connectivity index (χ0v) is 19.3. The van der Waals surface area contributed by atoms with Crippen molar-refractivity contribution in [3.63, 3.8) is 0 Å². The highest BCUT2D eigenvalue weighted by Crippen LogP contribution is 2.39. The Morgan fingerprint density at radius 2 is 2.09 bits per heavy atom. The van der Waals surface area contributed by atoms with Gasteiger partial charge in [0, 0.05) is 37.7 Å². The van der Waals surface area contributed by atoms with Crippen LogP contribution in [0.15, 0.2) is 19.0 Å². The zero-order chi connectivity index (χ0) is 22.7. The van der Waals surface area contributed by atoms with Gasteiger partial charge in [-0.1, -0.05) is 19.4 Å². The number of aromatic nitrogens is 4. The molecule has 0 spiro atoms. The summed E-state index contributed by atoms with van der Waals surface area (Å²) < 4.78 is 2.10. The summed E-state index contributed by atoms with van der Waals surface area (Å²) in [5.41, 5.74) is 1.64. The predicted octanol–water partition coefficient (Wildman–Crippen LogP) is 3.65. The van der Waals surface area contributed by atoms with E-state index in [1.165, 1.54) is 18.9 Å². The summed E-state index contributed by atoms with van der Waals surface area (Å²) in [4.78, 5) is 28.7. The molecule has 2 aromatic rings. The van der Waals surface area contributed by atoms with Crippen molar-refractivity contribution in [2.24, 2.45) is 5.92 Å². The van der Waals surface area contributed by atoms with Crippen LogP contribution in [0.1, 0.15) is 76.6 Å². The van der Waals surface area contributed by atoms with Crippen molar-refractivity contribution in [1.82, 2.24) is 24.4 Å². The lowest BCUT2D eigenvalue weighted by atomic mass is 9.77. The third-order valence-corrected chi connectivity index (χ3v) is 6.98. The molecule has 2 N–H and O–H groups in total. The molecule has 2 aromatic heterocycles. The Morgan fingerprint density at radius 3 is 2.84 bits per heavy atom. The number of hydrogen-bond donors (Lipinski definition) is 2. The highest BCUT2D eigenvalue weighted by atomic mass is 16.3. The van der Waals surface area contributed by atoms with Crippen molar-refractivity contribution < 1.29 is 9.90 Å². The van der Waals surface area contributed by atoms with Gasteiger partial charge in [-0.3, -0.25) is 4.79 Å². The monoisotopic (exact) mass is 440 g/mol. The van der Waals surface area contributed by atoms with Gasteiger partial charge in [0.15, 0.2) is 11.5 Å². The van der Waals surface area contributed by atoms with Crippen LogP contribution in [0.5, 0.6) is 0 Å². The Hall–Kier alpha value is -2.48. The van der Waals surface area contributed by atoms with E-state index in [2.05, 4.69) is 35.3 Å². The van der Waals surface area contributed by atoms with Gasteiger partial charge in [0.05, 0.1) is 6.33 Å². The van der Waals surface area contributed by atoms with E-state index in [1.54, 1.807) is 0 Å². The average molecular weight is 441 g/mol. The normalized spacial score (nSPS) is 24.1. The maximum atomic E-state index is 12.1. The smallest absolute Gasteiger partial charge is 0.246 e. The van der Waals surface area contributed by atoms with Crippen LogP contribution in [0.3, 0.4) is 0 Å². The van der Waals surface area contributed by atoms with E-state index in [0.717, 1.165) is 61.5 Å². The molecule has 1 saturated carbocycles. The molecule has 8 heteroatoms. The molecule has 3 atom stereocenters. The Morgan fingerprint density at radius 1 is 1.28 bits per heavy atom. The zero-order valence-electron chi connectivity index (χ0n) is 19.3. The largest absolute Gasteiger partial charge is 0.396 e. The fourth-order valence-electron chi connectivity index (χ4n) is 5.25. The Labute approximate surface area is 190 Å². The van der Waals surface area contributed by atoms with Crippen LogP contribution >= 0.6 is 0 Å². The maximum Gasteiger partial charge on any atom is 0.246 e. The minimum absolute atomic E-state index is 0.0249. The summed E-state index contributed by atoms with van der Waals surface area (Å²) in [6, 6.07) is 0.355. The molecule has 8 nitrogen and oxygen atoms in total. The fourth-order valence-corrected chi connectivity index (χ4v) is 5.25. The molecule has 1 amide bonds. The summed E-state index contributed by atoms with van der Waals surface area (Å²) >= 11 is 0. The van der Waals surface area contributed by atoms with E-state index in [9.17, 15) is 9.90 Å². The minimum Gasteiger partial charge on any atom is -0.396 e. The summed E-state index contributed by atoms with van der Waals surface area (Å²) in [5.74, 6) is 2.25. The molecule has 1 saturated heterocycles. The number of nitrogens with zero attached hydrogens (tertiary/aromatic N) is 5. The van der Waals surface area contributed by atoms with Crippen molar-refractivity contribution >= 4 is 22.9 Å². The van der Waals surface area contributed by atoms with Crippen LogP contribution < -0.4 is 5.32 Å². The van der Waals surface area contributed by atoms with E-state index in [1.807, 2.05) is 11.2 Å². The Kier molecular flexibility index (Phi) is 7.08. The molecule has 1 aliphatic heterocycles. The molecule has 0 bridgehead atoms. The van der Waals surface area contributed by atoms with Crippen molar-refractivity contribution in [3.05, 3.63) is 24.8 Å². The SMILES string of the molecule is C=CC(=O)N1CCCC(Nc2nc(C3CCCC[C@H]3CCO)nc3c2ncn3C(C)C)C1. The van der Waals surface area contributed by atoms with Gasteiger partial charge in [-0.2, -0.15) is 0 Å². The quantitative estimate of drug-likeness (QED) is 0.638. The second-order valence-electron chi connectivity index (χ2n) is 9.48. The third-order valence-electron chi connectivity index (χ3n) is 6.98. The highest BCUT2D eigenvalue weighted by Gasteiger charge is 2.31. The molecule has 1 aliphatic carbocycles. The predicted molar refractivity (Wildman–Crippen MR) is 126 cm³/mol. The van der Waals surface area contributed by atoms with Gasteiger partial charge in [0.2, 0.25) is 5.91 Å². The van der Waals surface area contributed by atoms with Crippen LogP contribution in [0.25, 0.3) is 11.2 Å². The van der Waals surface area contributed by atoms with Crippen LogP contribution in [0, 0.1) is 5.92 Å². The number of carbonyl (C=O) groups excluding carboxylic acids is 1. The summed E-state index contributed by atoms with van der Waals surface area (Å²) in [6.07, 6.45) is 10.5. The molecule has 32 heavy (non-hydrogen) atoms. The van der Waals surface area contributed by atoms with Gasteiger partial charge in [0.25, 0.3) is 0 Å². The number of likely N-dealkylation sites (tertiary alicyclic amines) is 1. The van der Waals surface area contributed by atoms with Crippen molar-refractivity contribution in [2.75, 3.05) is 25.0 Å². The average Bonchev–Trinajstić information content (AvgIpc) is 3.24. The lowest BCUT2D eigenvalue weighted by Crippen LogP contribution is -2.44. The van der Waals surface area contributed by atoms with Gasteiger partial charge in [-0.15, -0.1) is 0 Å². The first-order chi connectivity index (χ1) is 15.5. The number of carbonyl (C=O) groups is 1. The lowest BCUT2D eigenvalue weighted by Gasteiger charge is -2.33. The number of amides is 1. The third kappa shape index (κ3) is 4.65. The summed E-state index contributed by atoms with van der Waals surface area (Å²) in [5, 5.41) is 13.2. The van der Waals surface area contributed by atoms with Gasteiger partial charge in [0.1, 0.15) is 11.3 Å². The standard InChI is InChI=1S/C24H36N6O2/c1-4-20(32)29-12-7-9-18(14-29)26-23-21-24(30(15-25-21)16(2)3)28-22(27-23)19-10-6-5-8-17(19)11-13-31/h4,15-19,31H,1,5-14H2,2-3H3,(H,26,27,28)/t17-,18?,19?/m0/s1. The topological polar surface area (TPSA) is 96.2 Å². The van der Waals surface area contributed by atoms with Crippen LogP contribution in [0.4, 0.5) is 5.82 Å². The first-order valence-corrected chi connectivity index (χ1v) is 12.0. The number of aliphatic hydroxyl groups excluding tert-OH is 1. The molecule has 2 fully saturated rings. The highest BCUT2D eigenvalue weighted by molar-refractivity contribution is 5.87. The van der Waals surface area contributed by atoms with E-state index < -0.39 is 0 Å². The van der Waals surface area contributed by atoms with Gasteiger partial charge >= 0.3 is 0 Å². The maximum absolute atomic E-state index is 12.1. The Balaban J connectivity index is 1.69. The molecule has 174 valence electrons. The first kappa shape index (κ1) is 22.7. The molecule has 4 rings (SSSR count). The van der Waals surface area contributed by atoms with Crippen LogP contribution in [-0.2, 0) is 4.79 Å². The lowest BCUT2D eigenvalue weighted by molar-refractivity contribution is -0.127. The van der Waals surface area contributed by atoms with Crippen molar-refractivity contribution in [2.45, 2.75) is 76.8 Å². The first-order valence-electron chi connectivity index (χ1n) is 12.0. The van der Waals surface area contributed by atoms with Crippen LogP contribution in [-0.4, -0.2) is 61.2 Å². The second-order valence-corrected chi connectivity index (χ2v) is 9.48. The molecular weight excluding hydrogens is 404 g/mol. The molecule has 3 heterocycles. The summed E-state index contributed by atoms with van der Waals surface area (Å²) in [6.45, 7) is 9.49. The number of fused-ring (bicyclic) bond motifs is 1. The number of piperidine rings is 1. The number of anilines is 1. The van der Waals surface area contributed by atoms with Crippen molar-refractivity contribution in [3.8, 4) is 0 Å². The van der Waals surface area contributed by atoms with Gasteiger partial charge < -0.3 is 19.9 Å². The number of aliphatic hydroxyl groups is 1. The number of imidazole rings is 1. The van der Waals surface area contributed by atoms with E-state index in [4.69, 9.17) is 9.97 Å². The second kappa shape index (κ2) is 9.98. The number of hydrogen-bond acceptors (Lipinski definition) is 6. The van der Waals surface area contributed by atoms with Crippen LogP contribution in [0.2, 0.25) is 0 Å².